The summed E-state index contributed by atoms with van der Waals surface area (Å²) in [6, 6.07) is 5.14. The van der Waals surface area contributed by atoms with Crippen LogP contribution in [0, 0.1) is 0 Å². The molecule has 0 unspecified atom stereocenters. The van der Waals surface area contributed by atoms with E-state index in [-0.39, 0.29) is 12.3 Å². The van der Waals surface area contributed by atoms with Crippen LogP contribution in [-0.4, -0.2) is 16.0 Å². The third-order valence-electron chi connectivity index (χ3n) is 3.11. The van der Waals surface area contributed by atoms with Gasteiger partial charge in [0, 0.05) is 23.8 Å². The highest BCUT2D eigenvalue weighted by molar-refractivity contribution is 5.83. The lowest BCUT2D eigenvalue weighted by Gasteiger charge is -2.08. The van der Waals surface area contributed by atoms with Crippen molar-refractivity contribution in [1.82, 2.24) is 4.57 Å². The third-order valence-corrected chi connectivity index (χ3v) is 3.11. The molecule has 8 heteroatoms. The molecule has 2 heterocycles. The normalized spacial score (nSPS) is 11.8. The number of benzene rings is 1. The molecular weight excluding hydrogens is 315 g/mol. The molecule has 0 aliphatic carbocycles. The Balaban J connectivity index is 1.87. The predicted molar refractivity (Wildman–Crippen MR) is 74.4 cm³/mol. The van der Waals surface area contributed by atoms with E-state index in [1.807, 2.05) is 0 Å². The molecule has 0 saturated heterocycles. The topological polar surface area (TPSA) is 64.6 Å². The van der Waals surface area contributed by atoms with Crippen LogP contribution in [0.3, 0.4) is 0 Å². The summed E-state index contributed by atoms with van der Waals surface area (Å²) in [4.78, 5) is 11.3. The van der Waals surface area contributed by atoms with E-state index in [9.17, 15) is 18.0 Å². The zero-order valence-corrected chi connectivity index (χ0v) is 11.5. The lowest BCUT2D eigenvalue weighted by molar-refractivity contribution is -0.274. The van der Waals surface area contributed by atoms with E-state index < -0.39 is 17.5 Å². The zero-order chi connectivity index (χ0) is 16.6. The molecule has 1 N–H and O–H groups in total. The first kappa shape index (κ1) is 15.0. The Hall–Kier alpha value is -2.90. The quantitative estimate of drug-likeness (QED) is 0.803. The van der Waals surface area contributed by atoms with E-state index >= 15 is 0 Å². The van der Waals surface area contributed by atoms with E-state index in [0.717, 1.165) is 12.3 Å². The molecule has 0 amide bonds. The molecule has 3 aromatic rings. The van der Waals surface area contributed by atoms with Crippen LogP contribution in [0.15, 0.2) is 52.1 Å². The van der Waals surface area contributed by atoms with Crippen LogP contribution in [0.5, 0.6) is 11.5 Å². The summed E-state index contributed by atoms with van der Waals surface area (Å²) < 4.78 is 47.2. The van der Waals surface area contributed by atoms with E-state index in [1.165, 1.54) is 18.2 Å². The van der Waals surface area contributed by atoms with Crippen molar-refractivity contribution in [2.75, 3.05) is 0 Å². The highest BCUT2D eigenvalue weighted by atomic mass is 19.4. The molecule has 0 aliphatic rings. The van der Waals surface area contributed by atoms with Crippen LogP contribution in [0.2, 0.25) is 0 Å². The van der Waals surface area contributed by atoms with Crippen molar-refractivity contribution in [3.63, 3.8) is 0 Å². The Morgan fingerprint density at radius 2 is 1.91 bits per heavy atom. The van der Waals surface area contributed by atoms with Gasteiger partial charge in [-0.05, 0) is 23.6 Å². The summed E-state index contributed by atoms with van der Waals surface area (Å²) >= 11 is 0. The Morgan fingerprint density at radius 3 is 2.61 bits per heavy atom. The Kier molecular flexibility index (Phi) is 3.51. The van der Waals surface area contributed by atoms with Gasteiger partial charge in [0.15, 0.2) is 5.75 Å². The number of ether oxygens (including phenoxy) is 1. The lowest BCUT2D eigenvalue weighted by Crippen LogP contribution is -2.16. The number of nitrogens with zero attached hydrogens (tertiary/aromatic N) is 1. The number of aromatic nitrogens is 1. The van der Waals surface area contributed by atoms with Gasteiger partial charge >= 0.3 is 6.36 Å². The van der Waals surface area contributed by atoms with Crippen LogP contribution < -0.4 is 10.2 Å². The van der Waals surface area contributed by atoms with Crippen LogP contribution in [0.4, 0.5) is 13.2 Å². The van der Waals surface area contributed by atoms with Gasteiger partial charge in [0.25, 0.3) is 0 Å². The van der Waals surface area contributed by atoms with Crippen molar-refractivity contribution in [3.05, 3.63) is 58.9 Å². The second-order valence-corrected chi connectivity index (χ2v) is 4.86. The monoisotopic (exact) mass is 325 g/mol. The van der Waals surface area contributed by atoms with Crippen molar-refractivity contribution in [1.29, 1.82) is 0 Å². The minimum absolute atomic E-state index is 0.194. The molecule has 1 aromatic carbocycles. The fourth-order valence-corrected chi connectivity index (χ4v) is 2.17. The van der Waals surface area contributed by atoms with Gasteiger partial charge in [0.2, 0.25) is 5.43 Å². The maximum Gasteiger partial charge on any atom is 0.573 e. The lowest BCUT2D eigenvalue weighted by atomic mass is 10.2. The summed E-state index contributed by atoms with van der Waals surface area (Å²) in [5.74, 6) is -0.487. The molecule has 23 heavy (non-hydrogen) atoms. The SMILES string of the molecule is O=c1cc(Cn2cc3ccc(OC(F)(F)F)cc3c2)occ1O. The van der Waals surface area contributed by atoms with E-state index in [1.54, 1.807) is 17.0 Å². The minimum atomic E-state index is -4.74. The van der Waals surface area contributed by atoms with Crippen LogP contribution in [-0.2, 0) is 6.54 Å². The average Bonchev–Trinajstić information content (AvgIpc) is 2.82. The molecule has 5 nitrogen and oxygen atoms in total. The number of rotatable bonds is 3. The van der Waals surface area contributed by atoms with Crippen LogP contribution in [0.1, 0.15) is 5.76 Å². The largest absolute Gasteiger partial charge is 0.573 e. The van der Waals surface area contributed by atoms with Crippen molar-refractivity contribution in [2.24, 2.45) is 0 Å². The van der Waals surface area contributed by atoms with Gasteiger partial charge in [0.1, 0.15) is 17.8 Å². The van der Waals surface area contributed by atoms with Gasteiger partial charge < -0.3 is 18.8 Å². The number of hydrogen-bond acceptors (Lipinski definition) is 4. The highest BCUT2D eigenvalue weighted by Crippen LogP contribution is 2.27. The third kappa shape index (κ3) is 3.47. The van der Waals surface area contributed by atoms with Crippen LogP contribution in [0.25, 0.3) is 10.8 Å². The molecule has 0 radical (unpaired) electrons. The minimum Gasteiger partial charge on any atom is -0.502 e. The van der Waals surface area contributed by atoms with Gasteiger partial charge in [-0.15, -0.1) is 13.2 Å². The van der Waals surface area contributed by atoms with E-state index in [0.29, 0.717) is 16.5 Å². The second kappa shape index (κ2) is 5.38. The van der Waals surface area contributed by atoms with Gasteiger partial charge in [-0.1, -0.05) is 0 Å². The molecule has 0 atom stereocenters. The number of hydrogen-bond donors (Lipinski definition) is 1. The van der Waals surface area contributed by atoms with E-state index in [2.05, 4.69) is 4.74 Å². The van der Waals surface area contributed by atoms with Gasteiger partial charge in [-0.25, -0.2) is 0 Å². The standard InChI is InChI=1S/C15H10F3NO4/c16-15(17,18)23-11-2-1-9-5-19(6-10(9)3-11)7-12-4-13(20)14(21)8-22-12/h1-6,8,21H,7H2. The molecular formula is C15H10F3NO4. The number of fused-ring (bicyclic) bond motifs is 1. The number of alkyl halides is 3. The maximum atomic E-state index is 12.2. The number of aromatic hydroxyl groups is 1. The Bertz CT molecular complexity index is 911. The smallest absolute Gasteiger partial charge is 0.502 e. The summed E-state index contributed by atoms with van der Waals surface area (Å²) in [5.41, 5.74) is -0.566. The first-order valence-corrected chi connectivity index (χ1v) is 6.46. The molecule has 120 valence electrons. The molecule has 0 fully saturated rings. The van der Waals surface area contributed by atoms with Crippen molar-refractivity contribution >= 4 is 10.8 Å². The Labute approximate surface area is 127 Å². The van der Waals surface area contributed by atoms with Crippen LogP contribution >= 0.6 is 0 Å². The van der Waals surface area contributed by atoms with Crippen molar-refractivity contribution in [3.8, 4) is 11.5 Å². The average molecular weight is 325 g/mol. The van der Waals surface area contributed by atoms with Crippen molar-refractivity contribution in [2.45, 2.75) is 12.9 Å². The van der Waals surface area contributed by atoms with E-state index in [4.69, 9.17) is 9.52 Å². The molecule has 3 rings (SSSR count). The fourth-order valence-electron chi connectivity index (χ4n) is 2.17. The first-order valence-electron chi connectivity index (χ1n) is 6.46. The molecule has 2 aromatic heterocycles. The molecule has 0 saturated carbocycles. The summed E-state index contributed by atoms with van der Waals surface area (Å²) in [5, 5.41) is 10.4. The zero-order valence-electron chi connectivity index (χ0n) is 11.5. The summed E-state index contributed by atoms with van der Waals surface area (Å²) in [6.45, 7) is 0.194. The molecule has 0 aliphatic heterocycles. The van der Waals surface area contributed by atoms with Gasteiger partial charge in [-0.3, -0.25) is 4.79 Å². The van der Waals surface area contributed by atoms with Crippen molar-refractivity contribution < 1.29 is 27.4 Å². The Morgan fingerprint density at radius 1 is 1.17 bits per heavy atom. The summed E-state index contributed by atoms with van der Waals surface area (Å²) in [7, 11) is 0. The predicted octanol–water partition coefficient (Wildman–Crippen LogP) is 3.25. The maximum absolute atomic E-state index is 12.2. The second-order valence-electron chi connectivity index (χ2n) is 4.86. The van der Waals surface area contributed by atoms with Gasteiger partial charge in [0.05, 0.1) is 6.54 Å². The van der Waals surface area contributed by atoms with Gasteiger partial charge in [-0.2, -0.15) is 0 Å². The number of halogens is 3. The molecule has 0 bridgehead atoms. The highest BCUT2D eigenvalue weighted by Gasteiger charge is 2.31. The fraction of sp³-hybridized carbons (Fsp3) is 0.133. The summed E-state index contributed by atoms with van der Waals surface area (Å²) in [6.07, 6.45) is -0.507. The molecule has 0 spiro atoms. The first-order chi connectivity index (χ1) is 10.8.